The van der Waals surface area contributed by atoms with Gasteiger partial charge in [-0.05, 0) is 25.5 Å². The number of sulfone groups is 1. The molecule has 2 rings (SSSR count). The van der Waals surface area contributed by atoms with Gasteiger partial charge in [-0.3, -0.25) is 14.9 Å². The number of aryl methyl sites for hydroxylation is 1. The number of rotatable bonds is 5. The molecule has 1 heterocycles. The summed E-state index contributed by atoms with van der Waals surface area (Å²) >= 11 is 0. The molecular weight excluding hydrogens is 340 g/mol. The first-order valence-electron chi connectivity index (χ1n) is 7.10. The number of hydrogen-bond donors (Lipinski definition) is 1. The summed E-state index contributed by atoms with van der Waals surface area (Å²) in [5, 5.41) is 13.2. The number of nitrogens with one attached hydrogen (secondary N) is 1. The maximum absolute atomic E-state index is 11.9. The summed E-state index contributed by atoms with van der Waals surface area (Å²) in [5.74, 6) is -1.47. The maximum atomic E-state index is 11.9. The smallest absolute Gasteiger partial charge is 0.338 e. The molecule has 1 aliphatic rings. The minimum absolute atomic E-state index is 0.0276. The molecule has 130 valence electrons. The molecule has 1 fully saturated rings. The second-order valence-corrected chi connectivity index (χ2v) is 7.73. The number of nitro groups is 1. The Kier molecular flexibility index (Phi) is 5.17. The lowest BCUT2D eigenvalue weighted by Gasteiger charge is -2.11. The molecule has 0 aliphatic carbocycles. The lowest BCUT2D eigenvalue weighted by molar-refractivity contribution is -0.385. The van der Waals surface area contributed by atoms with Gasteiger partial charge in [-0.15, -0.1) is 0 Å². The van der Waals surface area contributed by atoms with Crippen molar-refractivity contribution in [1.82, 2.24) is 5.32 Å². The van der Waals surface area contributed by atoms with Gasteiger partial charge in [0.15, 0.2) is 16.4 Å². The van der Waals surface area contributed by atoms with E-state index < -0.39 is 39.3 Å². The van der Waals surface area contributed by atoms with E-state index in [-0.39, 0.29) is 22.8 Å². The predicted molar refractivity (Wildman–Crippen MR) is 83.3 cm³/mol. The number of amides is 1. The molecule has 9 nitrogen and oxygen atoms in total. The number of carbonyl (C=O) groups is 2. The van der Waals surface area contributed by atoms with E-state index in [0.717, 1.165) is 0 Å². The highest BCUT2D eigenvalue weighted by Crippen LogP contribution is 2.19. The van der Waals surface area contributed by atoms with Crippen LogP contribution in [0.1, 0.15) is 22.3 Å². The molecule has 0 saturated carbocycles. The molecule has 1 aromatic carbocycles. The molecule has 1 N–H and O–H groups in total. The van der Waals surface area contributed by atoms with Crippen molar-refractivity contribution in [3.05, 3.63) is 39.4 Å². The molecular formula is C14H16N2O7S. The molecule has 0 radical (unpaired) electrons. The average Bonchev–Trinajstić information content (AvgIpc) is 2.83. The second kappa shape index (κ2) is 6.95. The lowest BCUT2D eigenvalue weighted by Crippen LogP contribution is -2.38. The molecule has 1 saturated heterocycles. The Balaban J connectivity index is 1.88. The lowest BCUT2D eigenvalue weighted by atomic mass is 10.1. The van der Waals surface area contributed by atoms with Crippen molar-refractivity contribution >= 4 is 27.4 Å². The number of esters is 1. The van der Waals surface area contributed by atoms with Crippen LogP contribution in [0.5, 0.6) is 0 Å². The zero-order valence-electron chi connectivity index (χ0n) is 12.9. The topological polar surface area (TPSA) is 133 Å². The van der Waals surface area contributed by atoms with Crippen LogP contribution in [0.15, 0.2) is 18.2 Å². The van der Waals surface area contributed by atoms with Crippen LogP contribution in [0.4, 0.5) is 5.69 Å². The minimum Gasteiger partial charge on any atom is -0.452 e. The van der Waals surface area contributed by atoms with Gasteiger partial charge in [-0.25, -0.2) is 13.2 Å². The summed E-state index contributed by atoms with van der Waals surface area (Å²) in [4.78, 5) is 33.7. The molecule has 24 heavy (non-hydrogen) atoms. The zero-order chi connectivity index (χ0) is 17.9. The molecule has 10 heteroatoms. The van der Waals surface area contributed by atoms with Crippen molar-refractivity contribution in [2.75, 3.05) is 18.1 Å². The van der Waals surface area contributed by atoms with Crippen molar-refractivity contribution in [1.29, 1.82) is 0 Å². The highest BCUT2D eigenvalue weighted by Gasteiger charge is 2.29. The van der Waals surface area contributed by atoms with Gasteiger partial charge in [-0.1, -0.05) is 0 Å². The Morgan fingerprint density at radius 2 is 2.12 bits per heavy atom. The quantitative estimate of drug-likeness (QED) is 0.457. The van der Waals surface area contributed by atoms with Gasteiger partial charge in [0.2, 0.25) is 0 Å². The number of carbonyl (C=O) groups excluding carboxylic acids is 2. The van der Waals surface area contributed by atoms with Crippen LogP contribution in [0, 0.1) is 17.0 Å². The summed E-state index contributed by atoms with van der Waals surface area (Å²) in [7, 11) is -3.11. The van der Waals surface area contributed by atoms with E-state index in [1.165, 1.54) is 25.1 Å². The SMILES string of the molecule is Cc1cc(C(=O)OCC(=O)N[C@@H]2CCS(=O)(=O)C2)ccc1[N+](=O)[O-]. The fraction of sp³-hybridized carbons (Fsp3) is 0.429. The van der Waals surface area contributed by atoms with E-state index in [1.54, 1.807) is 0 Å². The monoisotopic (exact) mass is 356 g/mol. The molecule has 0 unspecified atom stereocenters. The van der Waals surface area contributed by atoms with Gasteiger partial charge in [0.25, 0.3) is 11.6 Å². The number of benzene rings is 1. The van der Waals surface area contributed by atoms with Crippen molar-refractivity contribution < 1.29 is 27.7 Å². The number of nitrogens with zero attached hydrogens (tertiary/aromatic N) is 1. The second-order valence-electron chi connectivity index (χ2n) is 5.50. The Labute approximate surface area is 138 Å². The third-order valence-electron chi connectivity index (χ3n) is 3.56. The fourth-order valence-corrected chi connectivity index (χ4v) is 4.05. The van der Waals surface area contributed by atoms with Gasteiger partial charge < -0.3 is 10.1 Å². The Bertz CT molecular complexity index is 788. The van der Waals surface area contributed by atoms with Crippen molar-refractivity contribution in [2.45, 2.75) is 19.4 Å². The van der Waals surface area contributed by atoms with E-state index in [2.05, 4.69) is 5.32 Å². The molecule has 1 amide bonds. The normalized spacial score (nSPS) is 18.8. The van der Waals surface area contributed by atoms with Gasteiger partial charge in [0.05, 0.1) is 22.0 Å². The standard InChI is InChI=1S/C14H16N2O7S/c1-9-6-10(2-3-12(9)16(19)20)14(18)23-7-13(17)15-11-4-5-24(21,22)8-11/h2-3,6,11H,4-5,7-8H2,1H3,(H,15,17)/t11-/m1/s1. The van der Waals surface area contributed by atoms with E-state index in [1.807, 2.05) is 0 Å². The van der Waals surface area contributed by atoms with Crippen molar-refractivity contribution in [2.24, 2.45) is 0 Å². The first-order chi connectivity index (χ1) is 11.2. The third kappa shape index (κ3) is 4.51. The van der Waals surface area contributed by atoms with Gasteiger partial charge in [-0.2, -0.15) is 0 Å². The highest BCUT2D eigenvalue weighted by molar-refractivity contribution is 7.91. The Morgan fingerprint density at radius 1 is 1.42 bits per heavy atom. The average molecular weight is 356 g/mol. The predicted octanol–water partition coefficient (Wildman–Crippen LogP) is 0.363. The summed E-state index contributed by atoms with van der Waals surface area (Å²) in [6, 6.07) is 3.27. The van der Waals surface area contributed by atoms with Crippen LogP contribution in [0.3, 0.4) is 0 Å². The van der Waals surface area contributed by atoms with Crippen LogP contribution in [0.25, 0.3) is 0 Å². The van der Waals surface area contributed by atoms with Gasteiger partial charge >= 0.3 is 5.97 Å². The number of ether oxygens (including phenoxy) is 1. The van der Waals surface area contributed by atoms with Crippen molar-refractivity contribution in [3.8, 4) is 0 Å². The van der Waals surface area contributed by atoms with Crippen LogP contribution >= 0.6 is 0 Å². The fourth-order valence-electron chi connectivity index (χ4n) is 2.38. The van der Waals surface area contributed by atoms with Gasteiger partial charge in [0, 0.05) is 17.7 Å². The Hall–Kier alpha value is -2.49. The zero-order valence-corrected chi connectivity index (χ0v) is 13.7. The van der Waals surface area contributed by atoms with Gasteiger partial charge in [0.1, 0.15) is 0 Å². The first-order valence-corrected chi connectivity index (χ1v) is 8.92. The first kappa shape index (κ1) is 17.9. The molecule has 0 bridgehead atoms. The molecule has 0 spiro atoms. The molecule has 1 aliphatic heterocycles. The maximum Gasteiger partial charge on any atom is 0.338 e. The summed E-state index contributed by atoms with van der Waals surface area (Å²) in [6.45, 7) is 0.938. The summed E-state index contributed by atoms with van der Waals surface area (Å²) in [5.41, 5.74) is 0.274. The van der Waals surface area contributed by atoms with Crippen LogP contribution in [-0.2, 0) is 19.4 Å². The minimum atomic E-state index is -3.11. The number of nitro benzene ring substituents is 1. The van der Waals surface area contributed by atoms with E-state index >= 15 is 0 Å². The molecule has 1 atom stereocenters. The summed E-state index contributed by atoms with van der Waals surface area (Å²) < 4.78 is 27.4. The van der Waals surface area contributed by atoms with Crippen LogP contribution in [-0.4, -0.2) is 49.4 Å². The van der Waals surface area contributed by atoms with Crippen LogP contribution in [0.2, 0.25) is 0 Å². The number of hydrogen-bond acceptors (Lipinski definition) is 7. The third-order valence-corrected chi connectivity index (χ3v) is 5.33. The van der Waals surface area contributed by atoms with Crippen molar-refractivity contribution in [3.63, 3.8) is 0 Å². The van der Waals surface area contributed by atoms with E-state index in [4.69, 9.17) is 4.74 Å². The molecule has 1 aromatic rings. The largest absolute Gasteiger partial charge is 0.452 e. The summed E-state index contributed by atoms with van der Waals surface area (Å²) in [6.07, 6.45) is 0.337. The van der Waals surface area contributed by atoms with E-state index in [0.29, 0.717) is 12.0 Å². The van der Waals surface area contributed by atoms with Crippen LogP contribution < -0.4 is 5.32 Å². The molecule has 0 aromatic heterocycles. The Morgan fingerprint density at radius 3 is 2.67 bits per heavy atom. The van der Waals surface area contributed by atoms with E-state index in [9.17, 15) is 28.1 Å². The highest BCUT2D eigenvalue weighted by atomic mass is 32.2.